The number of amides is 2. The van der Waals surface area contributed by atoms with Gasteiger partial charge in [0.15, 0.2) is 18.2 Å². The number of fused-ring (bicyclic) bond motifs is 3. The first-order valence-corrected chi connectivity index (χ1v) is 12.1. The van der Waals surface area contributed by atoms with Gasteiger partial charge in [0.2, 0.25) is 0 Å². The molecule has 0 saturated heterocycles. The van der Waals surface area contributed by atoms with Gasteiger partial charge in [0.1, 0.15) is 5.54 Å². The molecule has 37 heavy (non-hydrogen) atoms. The van der Waals surface area contributed by atoms with Gasteiger partial charge in [-0.3, -0.25) is 24.1 Å². The fourth-order valence-electron chi connectivity index (χ4n) is 5.71. The second-order valence-electron chi connectivity index (χ2n) is 9.45. The van der Waals surface area contributed by atoms with Crippen LogP contribution in [0.1, 0.15) is 67.9 Å². The lowest BCUT2D eigenvalue weighted by molar-refractivity contribution is -0.129. The molecule has 184 valence electrons. The number of para-hydroxylation sites is 2. The smallest absolute Gasteiger partial charge is 0.339 e. The zero-order valence-corrected chi connectivity index (χ0v) is 19.8. The Morgan fingerprint density at radius 1 is 0.811 bits per heavy atom. The summed E-state index contributed by atoms with van der Waals surface area (Å²) in [6.45, 7) is -0.620. The minimum Gasteiger partial charge on any atom is -0.452 e. The van der Waals surface area contributed by atoms with E-state index in [0.717, 1.165) is 12.8 Å². The van der Waals surface area contributed by atoms with Gasteiger partial charge in [0.25, 0.3) is 11.8 Å². The van der Waals surface area contributed by atoms with E-state index in [0.29, 0.717) is 24.2 Å². The van der Waals surface area contributed by atoms with Crippen molar-refractivity contribution >= 4 is 40.7 Å². The highest BCUT2D eigenvalue weighted by Crippen LogP contribution is 2.45. The largest absolute Gasteiger partial charge is 0.452 e. The zero-order valence-electron chi connectivity index (χ0n) is 19.8. The topological polar surface area (TPSA) is 110 Å². The molecule has 3 aromatic carbocycles. The molecule has 6 rings (SSSR count). The first-order valence-electron chi connectivity index (χ1n) is 12.1. The van der Waals surface area contributed by atoms with Crippen molar-refractivity contribution in [2.24, 2.45) is 0 Å². The highest BCUT2D eigenvalue weighted by molar-refractivity contribution is 6.30. The maximum Gasteiger partial charge on any atom is 0.339 e. The number of carbonyl (C=O) groups excluding carboxylic acids is 5. The molecular formula is C29H22N2O6. The summed E-state index contributed by atoms with van der Waals surface area (Å²) in [6.07, 6.45) is 2.62. The Hall–Kier alpha value is -4.59. The molecule has 1 heterocycles. The summed E-state index contributed by atoms with van der Waals surface area (Å²) in [6, 6.07) is 17.9. The van der Waals surface area contributed by atoms with Crippen LogP contribution in [0.5, 0.6) is 0 Å². The molecule has 0 unspecified atom stereocenters. The molecule has 8 heteroatoms. The van der Waals surface area contributed by atoms with Crippen LogP contribution in [0.3, 0.4) is 0 Å². The maximum absolute atomic E-state index is 13.5. The summed E-state index contributed by atoms with van der Waals surface area (Å²) in [7, 11) is 0. The predicted molar refractivity (Wildman–Crippen MR) is 134 cm³/mol. The third-order valence-corrected chi connectivity index (χ3v) is 7.42. The summed E-state index contributed by atoms with van der Waals surface area (Å²) in [4.78, 5) is 67.5. The van der Waals surface area contributed by atoms with E-state index in [4.69, 9.17) is 4.74 Å². The summed E-state index contributed by atoms with van der Waals surface area (Å²) in [5, 5.41) is 2.91. The molecule has 1 N–H and O–H groups in total. The second kappa shape index (κ2) is 8.51. The minimum absolute atomic E-state index is 0.0291. The van der Waals surface area contributed by atoms with Crippen molar-refractivity contribution in [2.75, 3.05) is 16.8 Å². The van der Waals surface area contributed by atoms with E-state index in [1.807, 2.05) is 0 Å². The molecule has 2 amide bonds. The summed E-state index contributed by atoms with van der Waals surface area (Å²) in [5.74, 6) is -2.47. The van der Waals surface area contributed by atoms with Crippen LogP contribution in [-0.2, 0) is 14.3 Å². The van der Waals surface area contributed by atoms with Crippen molar-refractivity contribution in [1.82, 2.24) is 0 Å². The number of benzene rings is 3. The fraction of sp³-hybridized carbons (Fsp3) is 0.207. The number of nitrogens with one attached hydrogen (secondary N) is 1. The Morgan fingerprint density at radius 3 is 2.22 bits per heavy atom. The molecule has 1 aliphatic heterocycles. The van der Waals surface area contributed by atoms with Crippen molar-refractivity contribution in [3.63, 3.8) is 0 Å². The number of anilines is 2. The molecule has 0 atom stereocenters. The molecule has 1 spiro atoms. The average molecular weight is 495 g/mol. The monoisotopic (exact) mass is 494 g/mol. The summed E-state index contributed by atoms with van der Waals surface area (Å²) < 4.78 is 5.41. The lowest BCUT2D eigenvalue weighted by atomic mass is 9.82. The molecule has 2 aliphatic carbocycles. The van der Waals surface area contributed by atoms with E-state index in [1.54, 1.807) is 48.5 Å². The van der Waals surface area contributed by atoms with E-state index in [1.165, 1.54) is 23.1 Å². The zero-order chi connectivity index (χ0) is 25.7. The molecule has 0 bridgehead atoms. The van der Waals surface area contributed by atoms with Crippen molar-refractivity contribution in [3.05, 3.63) is 94.5 Å². The number of rotatable bonds is 3. The minimum atomic E-state index is -1.03. The Labute approximate surface area is 212 Å². The van der Waals surface area contributed by atoms with E-state index < -0.39 is 29.8 Å². The molecule has 3 aromatic rings. The number of hydrogen-bond donors (Lipinski definition) is 1. The maximum atomic E-state index is 13.5. The van der Waals surface area contributed by atoms with Gasteiger partial charge in [0, 0.05) is 22.3 Å². The number of carbonyl (C=O) groups is 5. The van der Waals surface area contributed by atoms with Crippen LogP contribution in [0.15, 0.2) is 66.7 Å². The van der Waals surface area contributed by atoms with Crippen molar-refractivity contribution in [2.45, 2.75) is 31.2 Å². The van der Waals surface area contributed by atoms with Crippen LogP contribution in [0.25, 0.3) is 0 Å². The lowest BCUT2D eigenvalue weighted by Gasteiger charge is -2.44. The molecule has 3 aliphatic rings. The van der Waals surface area contributed by atoms with Gasteiger partial charge < -0.3 is 10.1 Å². The number of hydrogen-bond acceptors (Lipinski definition) is 6. The van der Waals surface area contributed by atoms with Crippen LogP contribution in [0.2, 0.25) is 0 Å². The van der Waals surface area contributed by atoms with Crippen molar-refractivity contribution in [3.8, 4) is 0 Å². The number of ketones is 2. The predicted octanol–water partition coefficient (Wildman–Crippen LogP) is 3.92. The van der Waals surface area contributed by atoms with Gasteiger partial charge in [-0.1, -0.05) is 61.4 Å². The standard InChI is InChI=1S/C29H22N2O6/c32-23(31-22-13-4-3-12-21(22)30-28(36)29(31)14-5-6-15-29)16-37-27(35)20-11-7-10-19-24(20)26(34)18-9-2-1-8-17(18)25(19)33/h1-4,7-13H,5-6,14-16H2,(H,30,36). The van der Waals surface area contributed by atoms with Crippen molar-refractivity contribution in [1.29, 1.82) is 0 Å². The van der Waals surface area contributed by atoms with E-state index in [-0.39, 0.29) is 39.5 Å². The first kappa shape index (κ1) is 22.8. The van der Waals surface area contributed by atoms with E-state index in [2.05, 4.69) is 5.32 Å². The van der Waals surface area contributed by atoms with Crippen LogP contribution in [0, 0.1) is 0 Å². The van der Waals surface area contributed by atoms with E-state index >= 15 is 0 Å². The third kappa shape index (κ3) is 3.40. The molecule has 1 saturated carbocycles. The third-order valence-electron chi connectivity index (χ3n) is 7.42. The Balaban J connectivity index is 1.30. The molecule has 1 fully saturated rings. The molecule has 0 aromatic heterocycles. The first-order chi connectivity index (χ1) is 17.9. The van der Waals surface area contributed by atoms with Gasteiger partial charge in [0.05, 0.1) is 16.9 Å². The summed E-state index contributed by atoms with van der Waals surface area (Å²) >= 11 is 0. The van der Waals surface area contributed by atoms with Crippen LogP contribution >= 0.6 is 0 Å². The highest BCUT2D eigenvalue weighted by atomic mass is 16.5. The molecule has 8 nitrogen and oxygen atoms in total. The quantitative estimate of drug-likeness (QED) is 0.433. The van der Waals surface area contributed by atoms with Gasteiger partial charge in [-0.2, -0.15) is 0 Å². The molecule has 0 radical (unpaired) electrons. The molecular weight excluding hydrogens is 472 g/mol. The SMILES string of the molecule is O=C(OCC(=O)N1c2ccccc2NC(=O)C12CCCC2)c1cccc2c1C(=O)c1ccccc1C2=O. The number of nitrogens with zero attached hydrogens (tertiary/aromatic N) is 1. The normalized spacial score (nSPS) is 17.1. The lowest BCUT2D eigenvalue weighted by Crippen LogP contribution is -2.61. The Morgan fingerprint density at radius 2 is 1.46 bits per heavy atom. The van der Waals surface area contributed by atoms with Gasteiger partial charge in [-0.15, -0.1) is 0 Å². The van der Waals surface area contributed by atoms with Crippen LogP contribution < -0.4 is 10.2 Å². The Bertz CT molecular complexity index is 1520. The van der Waals surface area contributed by atoms with Crippen molar-refractivity contribution < 1.29 is 28.7 Å². The van der Waals surface area contributed by atoms with Crippen LogP contribution in [0.4, 0.5) is 11.4 Å². The number of ether oxygens (including phenoxy) is 1. The summed E-state index contributed by atoms with van der Waals surface area (Å²) in [5.41, 5.74) is 0.555. The van der Waals surface area contributed by atoms with Gasteiger partial charge >= 0.3 is 5.97 Å². The Kier molecular flexibility index (Phi) is 5.26. The fourth-order valence-corrected chi connectivity index (χ4v) is 5.71. The highest BCUT2D eigenvalue weighted by Gasteiger charge is 2.52. The van der Waals surface area contributed by atoms with E-state index in [9.17, 15) is 24.0 Å². The average Bonchev–Trinajstić information content (AvgIpc) is 3.41. The van der Waals surface area contributed by atoms with Gasteiger partial charge in [-0.05, 0) is 31.0 Å². The second-order valence-corrected chi connectivity index (χ2v) is 9.45. The van der Waals surface area contributed by atoms with Crippen LogP contribution in [-0.4, -0.2) is 41.5 Å². The van der Waals surface area contributed by atoms with Gasteiger partial charge in [-0.25, -0.2) is 4.79 Å². The number of esters is 1.